The zero-order chi connectivity index (χ0) is 18.4. The van der Waals surface area contributed by atoms with Crippen LogP contribution < -0.4 is 10.6 Å². The first kappa shape index (κ1) is 17.1. The first-order valence-corrected chi connectivity index (χ1v) is 8.18. The van der Waals surface area contributed by atoms with Crippen LogP contribution in [-0.2, 0) is 6.42 Å². The van der Waals surface area contributed by atoms with Crippen LogP contribution in [0.3, 0.4) is 0 Å². The van der Waals surface area contributed by atoms with Gasteiger partial charge in [0.05, 0.1) is 11.3 Å². The number of carbonyl (C=O) groups excluding carboxylic acids is 1. The van der Waals surface area contributed by atoms with Crippen molar-refractivity contribution in [1.82, 2.24) is 9.97 Å². The SMILES string of the molecule is CCc1ccccc1NC(=O)c1cc(Nc2ccccc2C#N)ncn1. The van der Waals surface area contributed by atoms with Crippen molar-refractivity contribution in [3.05, 3.63) is 77.7 Å². The molecule has 26 heavy (non-hydrogen) atoms. The minimum atomic E-state index is -0.315. The Morgan fingerprint density at radius 1 is 1.08 bits per heavy atom. The van der Waals surface area contributed by atoms with E-state index in [2.05, 4.69) is 26.7 Å². The summed E-state index contributed by atoms with van der Waals surface area (Å²) in [4.78, 5) is 20.7. The highest BCUT2D eigenvalue weighted by Gasteiger charge is 2.11. The molecular formula is C20H17N5O. The summed E-state index contributed by atoms with van der Waals surface area (Å²) in [6, 6.07) is 18.4. The third kappa shape index (κ3) is 3.84. The number of carbonyl (C=O) groups is 1. The predicted molar refractivity (Wildman–Crippen MR) is 100 cm³/mol. The summed E-state index contributed by atoms with van der Waals surface area (Å²) < 4.78 is 0. The fourth-order valence-electron chi connectivity index (χ4n) is 2.51. The molecule has 0 atom stereocenters. The number of aromatic nitrogens is 2. The smallest absolute Gasteiger partial charge is 0.274 e. The molecule has 0 aliphatic heterocycles. The van der Waals surface area contributed by atoms with Gasteiger partial charge in [0.2, 0.25) is 0 Å². The van der Waals surface area contributed by atoms with Crippen LogP contribution in [0.1, 0.15) is 28.5 Å². The van der Waals surface area contributed by atoms with Crippen molar-refractivity contribution >= 4 is 23.1 Å². The van der Waals surface area contributed by atoms with Gasteiger partial charge in [-0.2, -0.15) is 5.26 Å². The van der Waals surface area contributed by atoms with E-state index in [1.807, 2.05) is 37.3 Å². The summed E-state index contributed by atoms with van der Waals surface area (Å²) in [6.45, 7) is 2.03. The lowest BCUT2D eigenvalue weighted by Crippen LogP contribution is -2.15. The van der Waals surface area contributed by atoms with Crippen LogP contribution in [-0.4, -0.2) is 15.9 Å². The van der Waals surface area contributed by atoms with Gasteiger partial charge in [-0.15, -0.1) is 0 Å². The molecule has 0 aliphatic carbocycles. The van der Waals surface area contributed by atoms with Crippen molar-refractivity contribution in [3.63, 3.8) is 0 Å². The fourth-order valence-corrected chi connectivity index (χ4v) is 2.51. The molecule has 1 amide bonds. The summed E-state index contributed by atoms with van der Waals surface area (Å²) in [7, 11) is 0. The lowest BCUT2D eigenvalue weighted by molar-refractivity contribution is 0.102. The third-order valence-corrected chi connectivity index (χ3v) is 3.86. The highest BCUT2D eigenvalue weighted by Crippen LogP contribution is 2.20. The normalized spacial score (nSPS) is 10.0. The maximum atomic E-state index is 12.5. The summed E-state index contributed by atoms with van der Waals surface area (Å²) in [5.74, 6) is 0.126. The van der Waals surface area contributed by atoms with E-state index >= 15 is 0 Å². The second kappa shape index (κ2) is 7.90. The lowest BCUT2D eigenvalue weighted by Gasteiger charge is -2.10. The molecule has 2 aromatic carbocycles. The highest BCUT2D eigenvalue weighted by atomic mass is 16.1. The Bertz CT molecular complexity index is 978. The van der Waals surface area contributed by atoms with Crippen LogP contribution in [0.25, 0.3) is 0 Å². The van der Waals surface area contributed by atoms with Gasteiger partial charge in [0, 0.05) is 11.8 Å². The molecule has 3 rings (SSSR count). The molecule has 0 bridgehead atoms. The molecular weight excluding hydrogens is 326 g/mol. The molecule has 0 saturated heterocycles. The van der Waals surface area contributed by atoms with E-state index in [0.717, 1.165) is 17.7 Å². The van der Waals surface area contributed by atoms with E-state index in [4.69, 9.17) is 5.26 Å². The number of nitrogens with zero attached hydrogens (tertiary/aromatic N) is 3. The summed E-state index contributed by atoms with van der Waals surface area (Å²) in [6.07, 6.45) is 2.13. The topological polar surface area (TPSA) is 90.7 Å². The number of nitriles is 1. The molecule has 1 heterocycles. The van der Waals surface area contributed by atoms with Gasteiger partial charge in [0.15, 0.2) is 0 Å². The van der Waals surface area contributed by atoms with Crippen LogP contribution in [0.2, 0.25) is 0 Å². The van der Waals surface area contributed by atoms with Crippen molar-refractivity contribution in [2.45, 2.75) is 13.3 Å². The van der Waals surface area contributed by atoms with Gasteiger partial charge in [0.1, 0.15) is 23.9 Å². The molecule has 0 spiro atoms. The number of benzene rings is 2. The number of nitrogens with one attached hydrogen (secondary N) is 2. The number of para-hydroxylation sites is 2. The largest absolute Gasteiger partial charge is 0.339 e. The zero-order valence-electron chi connectivity index (χ0n) is 14.2. The zero-order valence-corrected chi connectivity index (χ0v) is 14.2. The van der Waals surface area contributed by atoms with Gasteiger partial charge in [-0.1, -0.05) is 37.3 Å². The van der Waals surface area contributed by atoms with Gasteiger partial charge in [-0.25, -0.2) is 9.97 Å². The molecule has 2 N–H and O–H groups in total. The van der Waals surface area contributed by atoms with Crippen LogP contribution >= 0.6 is 0 Å². The van der Waals surface area contributed by atoms with Crippen LogP contribution in [0.15, 0.2) is 60.9 Å². The van der Waals surface area contributed by atoms with Crippen LogP contribution in [0, 0.1) is 11.3 Å². The second-order valence-electron chi connectivity index (χ2n) is 5.54. The number of amides is 1. The van der Waals surface area contributed by atoms with Crippen LogP contribution in [0.5, 0.6) is 0 Å². The van der Waals surface area contributed by atoms with E-state index in [-0.39, 0.29) is 11.6 Å². The minimum absolute atomic E-state index is 0.239. The van der Waals surface area contributed by atoms with E-state index in [1.165, 1.54) is 6.33 Å². The van der Waals surface area contributed by atoms with Gasteiger partial charge < -0.3 is 10.6 Å². The predicted octanol–water partition coefficient (Wildman–Crippen LogP) is 3.91. The Balaban J connectivity index is 1.81. The number of anilines is 3. The molecule has 0 aliphatic rings. The number of hydrogen-bond donors (Lipinski definition) is 2. The summed E-state index contributed by atoms with van der Waals surface area (Å²) >= 11 is 0. The van der Waals surface area contributed by atoms with Crippen LogP contribution in [0.4, 0.5) is 17.2 Å². The third-order valence-electron chi connectivity index (χ3n) is 3.86. The van der Waals surface area contributed by atoms with Crippen molar-refractivity contribution in [2.24, 2.45) is 0 Å². The number of aryl methyl sites for hydroxylation is 1. The summed E-state index contributed by atoms with van der Waals surface area (Å²) in [5.41, 5.74) is 3.17. The first-order valence-electron chi connectivity index (χ1n) is 8.18. The second-order valence-corrected chi connectivity index (χ2v) is 5.54. The number of hydrogen-bond acceptors (Lipinski definition) is 5. The molecule has 0 saturated carbocycles. The maximum Gasteiger partial charge on any atom is 0.274 e. The summed E-state index contributed by atoms with van der Waals surface area (Å²) in [5, 5.41) is 15.1. The van der Waals surface area contributed by atoms with Gasteiger partial charge in [0.25, 0.3) is 5.91 Å². The molecule has 1 aromatic heterocycles. The van der Waals surface area contributed by atoms with Crippen molar-refractivity contribution in [2.75, 3.05) is 10.6 Å². The van der Waals surface area contributed by atoms with Crippen molar-refractivity contribution in [3.8, 4) is 6.07 Å². The molecule has 6 heteroatoms. The van der Waals surface area contributed by atoms with E-state index in [0.29, 0.717) is 17.1 Å². The van der Waals surface area contributed by atoms with Gasteiger partial charge in [-0.05, 0) is 30.2 Å². The molecule has 0 radical (unpaired) electrons. The highest BCUT2D eigenvalue weighted by molar-refractivity contribution is 6.03. The monoisotopic (exact) mass is 343 g/mol. The van der Waals surface area contributed by atoms with E-state index < -0.39 is 0 Å². The number of rotatable bonds is 5. The Hall–Kier alpha value is -3.72. The molecule has 128 valence electrons. The Labute approximate surface area is 151 Å². The fraction of sp³-hybridized carbons (Fsp3) is 0.100. The Kier molecular flexibility index (Phi) is 5.20. The standard InChI is InChI=1S/C20H17N5O/c1-2-14-7-3-5-9-16(14)25-20(26)18-11-19(23-13-22-18)24-17-10-6-4-8-15(17)12-21/h3-11,13H,2H2,1H3,(H,25,26)(H,22,23,24). The minimum Gasteiger partial charge on any atom is -0.339 e. The quantitative estimate of drug-likeness (QED) is 0.733. The Morgan fingerprint density at radius 2 is 1.81 bits per heavy atom. The molecule has 6 nitrogen and oxygen atoms in total. The van der Waals surface area contributed by atoms with E-state index in [9.17, 15) is 4.79 Å². The van der Waals surface area contributed by atoms with Crippen molar-refractivity contribution in [1.29, 1.82) is 5.26 Å². The molecule has 3 aromatic rings. The Morgan fingerprint density at radius 3 is 2.58 bits per heavy atom. The average Bonchev–Trinajstić information content (AvgIpc) is 2.69. The molecule has 0 fully saturated rings. The van der Waals surface area contributed by atoms with Gasteiger partial charge in [-0.3, -0.25) is 4.79 Å². The molecule has 0 unspecified atom stereocenters. The lowest BCUT2D eigenvalue weighted by atomic mass is 10.1. The van der Waals surface area contributed by atoms with Gasteiger partial charge >= 0.3 is 0 Å². The maximum absolute atomic E-state index is 12.5. The average molecular weight is 343 g/mol. The van der Waals surface area contributed by atoms with Crippen molar-refractivity contribution < 1.29 is 4.79 Å². The van der Waals surface area contributed by atoms with E-state index in [1.54, 1.807) is 24.3 Å². The first-order chi connectivity index (χ1) is 12.7.